The Bertz CT molecular complexity index is 1150. The van der Waals surface area contributed by atoms with Gasteiger partial charge in [-0.1, -0.05) is 32.0 Å². The van der Waals surface area contributed by atoms with Crippen LogP contribution in [0.4, 0.5) is 4.79 Å². The lowest BCUT2D eigenvalue weighted by molar-refractivity contribution is -0.135. The summed E-state index contributed by atoms with van der Waals surface area (Å²) in [5.74, 6) is 0.546. The highest BCUT2D eigenvalue weighted by Gasteiger charge is 2.51. The number of aromatic amines is 1. The Balaban J connectivity index is 1.52. The van der Waals surface area contributed by atoms with Crippen LogP contribution in [-0.2, 0) is 18.8 Å². The summed E-state index contributed by atoms with van der Waals surface area (Å²) in [5.41, 5.74) is 3.18. The molecule has 2 amide bonds. The molecule has 0 aliphatic carbocycles. The molecule has 200 valence electrons. The molecule has 0 radical (unpaired) electrons. The van der Waals surface area contributed by atoms with Gasteiger partial charge in [-0.05, 0) is 64.4 Å². The third-order valence-corrected chi connectivity index (χ3v) is 7.90. The number of hydrogen-bond donors (Lipinski definition) is 2. The second-order valence-corrected chi connectivity index (χ2v) is 11.4. The van der Waals surface area contributed by atoms with Crippen LogP contribution in [0.25, 0.3) is 11.3 Å². The summed E-state index contributed by atoms with van der Waals surface area (Å²) < 4.78 is 17.1. The highest BCUT2D eigenvalue weighted by molar-refractivity contribution is 6.62. The summed E-state index contributed by atoms with van der Waals surface area (Å²) in [6.07, 6.45) is 2.89. The number of carbonyl (C=O) groups is 2. The second-order valence-electron chi connectivity index (χ2n) is 11.4. The SMILES string of the molecule is COC(=O)NC(C(=O)N1CCC[C@H]1c1ncc(-c2ccc(B3OC(C)(C)C(C)(C)O3)cc2C)[nH]1)C(C)C. The minimum Gasteiger partial charge on any atom is -0.453 e. The molecule has 0 saturated carbocycles. The molecule has 1 aromatic heterocycles. The summed E-state index contributed by atoms with van der Waals surface area (Å²) in [5, 5.41) is 2.69. The summed E-state index contributed by atoms with van der Waals surface area (Å²) in [6.45, 7) is 14.7. The van der Waals surface area contributed by atoms with Crippen LogP contribution in [0.3, 0.4) is 0 Å². The number of carbonyl (C=O) groups excluding carboxylic acids is 2. The van der Waals surface area contributed by atoms with Gasteiger partial charge in [-0.2, -0.15) is 0 Å². The van der Waals surface area contributed by atoms with Crippen molar-refractivity contribution in [2.24, 2.45) is 5.92 Å². The number of ether oxygens (including phenoxy) is 1. The van der Waals surface area contributed by atoms with Crippen LogP contribution in [0.5, 0.6) is 0 Å². The van der Waals surface area contributed by atoms with E-state index in [1.165, 1.54) is 7.11 Å². The fourth-order valence-electron chi connectivity index (χ4n) is 4.95. The van der Waals surface area contributed by atoms with E-state index in [1.54, 1.807) is 0 Å². The zero-order chi connectivity index (χ0) is 27.1. The fraction of sp³-hybridized carbons (Fsp3) is 0.593. The number of aromatic nitrogens is 2. The molecule has 0 spiro atoms. The van der Waals surface area contributed by atoms with Crippen molar-refractivity contribution in [2.45, 2.75) is 84.6 Å². The van der Waals surface area contributed by atoms with E-state index >= 15 is 0 Å². The van der Waals surface area contributed by atoms with Gasteiger partial charge >= 0.3 is 13.2 Å². The molecule has 37 heavy (non-hydrogen) atoms. The van der Waals surface area contributed by atoms with Crippen LogP contribution in [0.1, 0.15) is 71.8 Å². The monoisotopic (exact) mass is 510 g/mol. The fourth-order valence-corrected chi connectivity index (χ4v) is 4.95. The Labute approximate surface area is 219 Å². The summed E-state index contributed by atoms with van der Waals surface area (Å²) >= 11 is 0. The smallest absolute Gasteiger partial charge is 0.453 e. The molecular formula is C27H39BN4O5. The molecule has 0 bridgehead atoms. The molecule has 2 aliphatic rings. The number of hydrogen-bond acceptors (Lipinski definition) is 6. The van der Waals surface area contributed by atoms with Gasteiger partial charge in [0.25, 0.3) is 0 Å². The van der Waals surface area contributed by atoms with Gasteiger partial charge in [0.05, 0.1) is 36.2 Å². The molecule has 1 aromatic carbocycles. The predicted molar refractivity (Wildman–Crippen MR) is 142 cm³/mol. The summed E-state index contributed by atoms with van der Waals surface area (Å²) in [4.78, 5) is 35.1. The average molecular weight is 510 g/mol. The van der Waals surface area contributed by atoms with E-state index in [0.717, 1.165) is 40.9 Å². The van der Waals surface area contributed by atoms with Crippen LogP contribution < -0.4 is 10.8 Å². The van der Waals surface area contributed by atoms with E-state index in [2.05, 4.69) is 34.3 Å². The molecule has 9 nitrogen and oxygen atoms in total. The Hall–Kier alpha value is -2.85. The van der Waals surface area contributed by atoms with Gasteiger partial charge in [-0.15, -0.1) is 0 Å². The van der Waals surface area contributed by atoms with Crippen molar-refractivity contribution >= 4 is 24.6 Å². The number of nitrogens with zero attached hydrogens (tertiary/aromatic N) is 2. The Morgan fingerprint density at radius 3 is 2.49 bits per heavy atom. The molecule has 2 N–H and O–H groups in total. The molecule has 3 heterocycles. The van der Waals surface area contributed by atoms with E-state index in [9.17, 15) is 9.59 Å². The number of amides is 2. The maximum Gasteiger partial charge on any atom is 0.494 e. The Morgan fingerprint density at radius 2 is 1.89 bits per heavy atom. The van der Waals surface area contributed by atoms with Gasteiger partial charge < -0.3 is 29.2 Å². The van der Waals surface area contributed by atoms with Gasteiger partial charge in [0.15, 0.2) is 0 Å². The lowest BCUT2D eigenvalue weighted by Gasteiger charge is -2.32. The van der Waals surface area contributed by atoms with E-state index in [1.807, 2.05) is 58.7 Å². The number of methoxy groups -OCH3 is 1. The molecular weight excluding hydrogens is 471 g/mol. The first-order valence-corrected chi connectivity index (χ1v) is 13.0. The predicted octanol–water partition coefficient (Wildman–Crippen LogP) is 3.73. The Morgan fingerprint density at radius 1 is 1.22 bits per heavy atom. The van der Waals surface area contributed by atoms with Crippen LogP contribution in [-0.4, -0.2) is 64.9 Å². The molecule has 1 unspecified atom stereocenters. The van der Waals surface area contributed by atoms with E-state index in [0.29, 0.717) is 6.54 Å². The topological polar surface area (TPSA) is 106 Å². The number of alkyl carbamates (subject to hydrolysis) is 1. The zero-order valence-electron chi connectivity index (χ0n) is 23.2. The number of rotatable bonds is 6. The van der Waals surface area contributed by atoms with Crippen molar-refractivity contribution in [1.82, 2.24) is 20.2 Å². The van der Waals surface area contributed by atoms with Crippen molar-refractivity contribution in [3.8, 4) is 11.3 Å². The zero-order valence-corrected chi connectivity index (χ0v) is 23.2. The maximum atomic E-state index is 13.4. The number of likely N-dealkylation sites (tertiary alicyclic amines) is 1. The van der Waals surface area contributed by atoms with Crippen LogP contribution in [0, 0.1) is 12.8 Å². The minimum absolute atomic E-state index is 0.0786. The summed E-state index contributed by atoms with van der Waals surface area (Å²) in [7, 11) is 0.880. The van der Waals surface area contributed by atoms with Crippen molar-refractivity contribution in [1.29, 1.82) is 0 Å². The lowest BCUT2D eigenvalue weighted by Crippen LogP contribution is -2.51. The number of nitrogens with one attached hydrogen (secondary N) is 2. The third-order valence-electron chi connectivity index (χ3n) is 7.90. The second kappa shape index (κ2) is 10.1. The van der Waals surface area contributed by atoms with Crippen LogP contribution >= 0.6 is 0 Å². The van der Waals surface area contributed by atoms with Crippen LogP contribution in [0.15, 0.2) is 24.4 Å². The quantitative estimate of drug-likeness (QED) is 0.574. The molecule has 2 aliphatic heterocycles. The normalized spacial score (nSPS) is 21.4. The van der Waals surface area contributed by atoms with Crippen LogP contribution in [0.2, 0.25) is 0 Å². The minimum atomic E-state index is -0.660. The largest absolute Gasteiger partial charge is 0.494 e. The van der Waals surface area contributed by atoms with Gasteiger partial charge in [-0.25, -0.2) is 9.78 Å². The molecule has 2 aromatic rings. The highest BCUT2D eigenvalue weighted by Crippen LogP contribution is 2.37. The molecule has 2 fully saturated rings. The van der Waals surface area contributed by atoms with Crippen molar-refractivity contribution < 1.29 is 23.6 Å². The molecule has 10 heteroatoms. The first-order valence-electron chi connectivity index (χ1n) is 13.0. The average Bonchev–Trinajstić information content (AvgIpc) is 3.54. The first kappa shape index (κ1) is 27.2. The Kier molecular flexibility index (Phi) is 7.45. The molecule has 4 rings (SSSR count). The van der Waals surface area contributed by atoms with Crippen molar-refractivity contribution in [3.63, 3.8) is 0 Å². The molecule has 2 saturated heterocycles. The van der Waals surface area contributed by atoms with Gasteiger partial charge in [0.1, 0.15) is 11.9 Å². The van der Waals surface area contributed by atoms with E-state index < -0.39 is 30.5 Å². The standard InChI is InChI=1S/C27H39BN4O5/c1-16(2)22(31-25(34)35-8)24(33)32-13-9-10-21(32)23-29-15-20(30-23)19-12-11-18(14-17(19)3)28-36-26(4,5)27(6,7)37-28/h11-12,14-16,21-22H,9-10,13H2,1-8H3,(H,29,30)(H,31,34)/t21-,22?/m0/s1. The van der Waals surface area contributed by atoms with Gasteiger partial charge in [0.2, 0.25) is 5.91 Å². The van der Waals surface area contributed by atoms with E-state index in [-0.39, 0.29) is 17.9 Å². The van der Waals surface area contributed by atoms with Crippen molar-refractivity contribution in [2.75, 3.05) is 13.7 Å². The summed E-state index contributed by atoms with van der Waals surface area (Å²) in [6, 6.07) is 5.34. The van der Waals surface area contributed by atoms with Crippen molar-refractivity contribution in [3.05, 3.63) is 35.8 Å². The number of H-pyrrole nitrogens is 1. The number of aryl methyl sites for hydroxylation is 1. The third kappa shape index (κ3) is 5.27. The highest BCUT2D eigenvalue weighted by atomic mass is 16.7. The first-order chi connectivity index (χ1) is 17.3. The number of benzene rings is 1. The van der Waals surface area contributed by atoms with Gasteiger partial charge in [-0.3, -0.25) is 4.79 Å². The lowest BCUT2D eigenvalue weighted by atomic mass is 9.77. The molecule has 2 atom stereocenters. The van der Waals surface area contributed by atoms with E-state index in [4.69, 9.17) is 14.0 Å². The maximum absolute atomic E-state index is 13.4. The van der Waals surface area contributed by atoms with Gasteiger partial charge in [0, 0.05) is 12.1 Å². The number of imidazole rings is 1.